The zero-order valence-electron chi connectivity index (χ0n) is 14.4. The average Bonchev–Trinajstić information content (AvgIpc) is 2.66. The molecule has 0 bridgehead atoms. The van der Waals surface area contributed by atoms with Gasteiger partial charge in [0, 0.05) is 43.5 Å². The SMILES string of the molecule is O=C(c1cc(C#Cc2ccccn2)ccc1F)N1CC2(CCOCC2)C1. The summed E-state index contributed by atoms with van der Waals surface area (Å²) in [4.78, 5) is 18.6. The van der Waals surface area contributed by atoms with E-state index in [1.54, 1.807) is 23.2 Å². The third kappa shape index (κ3) is 3.33. The first kappa shape index (κ1) is 16.7. The molecule has 1 aromatic heterocycles. The van der Waals surface area contributed by atoms with E-state index in [9.17, 15) is 9.18 Å². The number of amides is 1. The molecular formula is C21H19FN2O2. The second-order valence-electron chi connectivity index (χ2n) is 6.93. The lowest BCUT2D eigenvalue weighted by molar-refractivity contribution is -0.0667. The molecule has 1 amide bonds. The van der Waals surface area contributed by atoms with Crippen molar-refractivity contribution in [1.82, 2.24) is 9.88 Å². The molecule has 4 rings (SSSR count). The maximum atomic E-state index is 14.2. The molecule has 0 radical (unpaired) electrons. The second-order valence-corrected chi connectivity index (χ2v) is 6.93. The number of aromatic nitrogens is 1. The van der Waals surface area contributed by atoms with E-state index in [1.807, 2.05) is 12.1 Å². The first-order chi connectivity index (χ1) is 12.7. The summed E-state index contributed by atoms with van der Waals surface area (Å²) in [6.07, 6.45) is 3.60. The van der Waals surface area contributed by atoms with Gasteiger partial charge >= 0.3 is 0 Å². The highest BCUT2D eigenvalue weighted by atomic mass is 19.1. The van der Waals surface area contributed by atoms with Gasteiger partial charge in [0.2, 0.25) is 0 Å². The number of ether oxygens (including phenoxy) is 1. The molecule has 2 saturated heterocycles. The summed E-state index contributed by atoms with van der Waals surface area (Å²) in [5.74, 6) is 5.11. The molecule has 132 valence electrons. The van der Waals surface area contributed by atoms with Gasteiger partial charge in [-0.1, -0.05) is 12.0 Å². The predicted molar refractivity (Wildman–Crippen MR) is 95.0 cm³/mol. The quantitative estimate of drug-likeness (QED) is 0.743. The third-order valence-corrected chi connectivity index (χ3v) is 5.09. The van der Waals surface area contributed by atoms with Gasteiger partial charge < -0.3 is 9.64 Å². The maximum Gasteiger partial charge on any atom is 0.256 e. The number of hydrogen-bond donors (Lipinski definition) is 0. The van der Waals surface area contributed by atoms with Crippen molar-refractivity contribution in [2.45, 2.75) is 12.8 Å². The van der Waals surface area contributed by atoms with Crippen molar-refractivity contribution in [3.63, 3.8) is 0 Å². The van der Waals surface area contributed by atoms with Crippen LogP contribution in [0.25, 0.3) is 0 Å². The van der Waals surface area contributed by atoms with Crippen LogP contribution in [-0.4, -0.2) is 42.1 Å². The predicted octanol–water partition coefficient (Wildman–Crippen LogP) is 2.87. The van der Waals surface area contributed by atoms with Crippen molar-refractivity contribution >= 4 is 5.91 Å². The fourth-order valence-corrected chi connectivity index (χ4v) is 3.54. The number of hydrogen-bond acceptors (Lipinski definition) is 3. The number of nitrogens with zero attached hydrogens (tertiary/aromatic N) is 2. The smallest absolute Gasteiger partial charge is 0.256 e. The number of rotatable bonds is 1. The van der Waals surface area contributed by atoms with Crippen LogP contribution in [0, 0.1) is 23.1 Å². The molecule has 2 aliphatic heterocycles. The average molecular weight is 350 g/mol. The van der Waals surface area contributed by atoms with E-state index >= 15 is 0 Å². The van der Waals surface area contributed by atoms with Gasteiger partial charge in [0.15, 0.2) is 0 Å². The number of benzene rings is 1. The van der Waals surface area contributed by atoms with Gasteiger partial charge in [0.1, 0.15) is 11.5 Å². The van der Waals surface area contributed by atoms with Gasteiger partial charge in [-0.15, -0.1) is 0 Å². The summed E-state index contributed by atoms with van der Waals surface area (Å²) >= 11 is 0. The highest BCUT2D eigenvalue weighted by Crippen LogP contribution is 2.40. The fourth-order valence-electron chi connectivity index (χ4n) is 3.54. The number of likely N-dealkylation sites (tertiary alicyclic amines) is 1. The lowest BCUT2D eigenvalue weighted by Gasteiger charge is -2.52. The molecule has 2 aliphatic rings. The van der Waals surface area contributed by atoms with Crippen molar-refractivity contribution in [3.8, 4) is 11.8 Å². The monoisotopic (exact) mass is 350 g/mol. The highest BCUT2D eigenvalue weighted by molar-refractivity contribution is 5.95. The molecule has 1 spiro atoms. The highest BCUT2D eigenvalue weighted by Gasteiger charge is 2.46. The van der Waals surface area contributed by atoms with E-state index in [0.29, 0.717) is 24.3 Å². The van der Waals surface area contributed by atoms with Crippen LogP contribution < -0.4 is 0 Å². The van der Waals surface area contributed by atoms with Crippen LogP contribution in [0.5, 0.6) is 0 Å². The van der Waals surface area contributed by atoms with E-state index in [4.69, 9.17) is 4.74 Å². The lowest BCUT2D eigenvalue weighted by atomic mass is 9.73. The minimum Gasteiger partial charge on any atom is -0.381 e. The van der Waals surface area contributed by atoms with E-state index in [-0.39, 0.29) is 16.9 Å². The summed E-state index contributed by atoms with van der Waals surface area (Å²) < 4.78 is 19.6. The third-order valence-electron chi connectivity index (χ3n) is 5.09. The molecule has 0 unspecified atom stereocenters. The number of halogens is 1. The van der Waals surface area contributed by atoms with Crippen LogP contribution in [-0.2, 0) is 4.74 Å². The van der Waals surface area contributed by atoms with E-state index in [0.717, 1.165) is 26.1 Å². The van der Waals surface area contributed by atoms with Crippen LogP contribution in [0.2, 0.25) is 0 Å². The zero-order chi connectivity index (χ0) is 18.0. The first-order valence-corrected chi connectivity index (χ1v) is 8.75. The molecule has 0 N–H and O–H groups in total. The molecule has 5 heteroatoms. The first-order valence-electron chi connectivity index (χ1n) is 8.75. The maximum absolute atomic E-state index is 14.2. The standard InChI is InChI=1S/C21H19FN2O2/c22-19-7-5-16(4-6-17-3-1-2-10-23-17)13-18(19)20(25)24-14-21(15-24)8-11-26-12-9-21/h1-3,5,7,10,13H,8-9,11-12,14-15H2. The van der Waals surface area contributed by atoms with Crippen molar-refractivity contribution in [3.05, 3.63) is 65.2 Å². The van der Waals surface area contributed by atoms with Gasteiger partial charge in [0.25, 0.3) is 5.91 Å². The Labute approximate surface area is 152 Å². The largest absolute Gasteiger partial charge is 0.381 e. The molecule has 0 atom stereocenters. The van der Waals surface area contributed by atoms with Gasteiger partial charge in [-0.25, -0.2) is 9.37 Å². The second kappa shape index (κ2) is 6.89. The Morgan fingerprint density at radius 3 is 2.69 bits per heavy atom. The van der Waals surface area contributed by atoms with Crippen molar-refractivity contribution in [1.29, 1.82) is 0 Å². The normalized spacial score (nSPS) is 18.0. The van der Waals surface area contributed by atoms with Gasteiger partial charge in [-0.2, -0.15) is 0 Å². The minimum atomic E-state index is -0.508. The Morgan fingerprint density at radius 2 is 1.96 bits per heavy atom. The van der Waals surface area contributed by atoms with Crippen molar-refractivity contribution in [2.24, 2.45) is 5.41 Å². The number of carbonyl (C=O) groups is 1. The molecule has 3 heterocycles. The molecule has 0 saturated carbocycles. The topological polar surface area (TPSA) is 42.4 Å². The summed E-state index contributed by atoms with van der Waals surface area (Å²) in [5, 5.41) is 0. The Morgan fingerprint density at radius 1 is 1.15 bits per heavy atom. The molecule has 2 fully saturated rings. The summed E-state index contributed by atoms with van der Waals surface area (Å²) in [6, 6.07) is 9.89. The van der Waals surface area contributed by atoms with Gasteiger partial charge in [-0.05, 0) is 49.1 Å². The molecule has 4 nitrogen and oxygen atoms in total. The van der Waals surface area contributed by atoms with Crippen molar-refractivity contribution in [2.75, 3.05) is 26.3 Å². The Bertz CT molecular complexity index is 872. The Hall–Kier alpha value is -2.71. The van der Waals surface area contributed by atoms with Gasteiger partial charge in [0.05, 0.1) is 5.56 Å². The minimum absolute atomic E-state index is 0.0831. The molecule has 2 aromatic rings. The molecule has 26 heavy (non-hydrogen) atoms. The van der Waals surface area contributed by atoms with Crippen LogP contribution in [0.15, 0.2) is 42.6 Å². The van der Waals surface area contributed by atoms with Crippen LogP contribution >= 0.6 is 0 Å². The Balaban J connectivity index is 1.50. The fraction of sp³-hybridized carbons (Fsp3) is 0.333. The summed E-state index contributed by atoms with van der Waals surface area (Å²) in [7, 11) is 0. The van der Waals surface area contributed by atoms with Crippen molar-refractivity contribution < 1.29 is 13.9 Å². The lowest BCUT2D eigenvalue weighted by Crippen LogP contribution is -2.60. The van der Waals surface area contributed by atoms with Crippen LogP contribution in [0.4, 0.5) is 4.39 Å². The van der Waals surface area contributed by atoms with E-state index < -0.39 is 5.82 Å². The van der Waals surface area contributed by atoms with E-state index in [1.165, 1.54) is 12.1 Å². The Kier molecular flexibility index (Phi) is 4.44. The molecule has 1 aromatic carbocycles. The summed E-state index contributed by atoms with van der Waals surface area (Å²) in [5.41, 5.74) is 1.48. The molecule has 0 aliphatic carbocycles. The van der Waals surface area contributed by atoms with Gasteiger partial charge in [-0.3, -0.25) is 4.79 Å². The van der Waals surface area contributed by atoms with Crippen LogP contribution in [0.3, 0.4) is 0 Å². The number of pyridine rings is 1. The summed E-state index contributed by atoms with van der Waals surface area (Å²) in [6.45, 7) is 2.85. The molecular weight excluding hydrogens is 331 g/mol. The zero-order valence-corrected chi connectivity index (χ0v) is 14.4. The number of carbonyl (C=O) groups excluding carboxylic acids is 1. The van der Waals surface area contributed by atoms with Crippen LogP contribution in [0.1, 0.15) is 34.5 Å². The van der Waals surface area contributed by atoms with E-state index in [2.05, 4.69) is 16.8 Å².